The Hall–Kier alpha value is -1.78. The van der Waals surface area contributed by atoms with Crippen LogP contribution in [0, 0.1) is 0 Å². The lowest BCUT2D eigenvalue weighted by Gasteiger charge is -2.28. The lowest BCUT2D eigenvalue weighted by Crippen LogP contribution is -2.37. The molecule has 10 heteroatoms. The van der Waals surface area contributed by atoms with Crippen molar-refractivity contribution >= 4 is 27.6 Å². The first-order valence-electron chi connectivity index (χ1n) is 6.92. The first-order chi connectivity index (χ1) is 10.4. The number of hydrogen-bond donors (Lipinski definition) is 1. The summed E-state index contributed by atoms with van der Waals surface area (Å²) in [6, 6.07) is 1.69. The highest BCUT2D eigenvalue weighted by molar-refractivity contribution is 7.89. The quantitative estimate of drug-likeness (QED) is 0.733. The van der Waals surface area contributed by atoms with Gasteiger partial charge in [0.05, 0.1) is 13.2 Å². The van der Waals surface area contributed by atoms with Crippen LogP contribution in [-0.4, -0.2) is 62.4 Å². The lowest BCUT2D eigenvalue weighted by molar-refractivity contribution is -0.117. The van der Waals surface area contributed by atoms with E-state index in [1.54, 1.807) is 6.07 Å². The highest BCUT2D eigenvalue weighted by Crippen LogP contribution is 2.25. The van der Waals surface area contributed by atoms with Crippen molar-refractivity contribution in [2.24, 2.45) is 5.14 Å². The van der Waals surface area contributed by atoms with E-state index in [1.165, 1.54) is 11.2 Å². The van der Waals surface area contributed by atoms with E-state index in [9.17, 15) is 13.2 Å². The maximum absolute atomic E-state index is 12.0. The van der Waals surface area contributed by atoms with Gasteiger partial charge in [0.15, 0.2) is 0 Å². The third-order valence-electron chi connectivity index (χ3n) is 3.80. The molecule has 0 saturated carbocycles. The average molecular weight is 327 g/mol. The topological polar surface area (TPSA) is 119 Å². The van der Waals surface area contributed by atoms with Crippen molar-refractivity contribution in [3.8, 4) is 0 Å². The van der Waals surface area contributed by atoms with Crippen LogP contribution in [-0.2, 0) is 19.6 Å². The Labute approximate surface area is 128 Å². The Kier molecular flexibility index (Phi) is 3.98. The molecule has 2 aliphatic heterocycles. The number of aromatic nitrogens is 2. The highest BCUT2D eigenvalue weighted by Gasteiger charge is 2.38. The summed E-state index contributed by atoms with van der Waals surface area (Å²) in [5, 5.41) is 4.24. The zero-order valence-corrected chi connectivity index (χ0v) is 12.7. The van der Waals surface area contributed by atoms with Crippen LogP contribution in [0.4, 0.5) is 11.6 Å². The predicted octanol–water partition coefficient (Wildman–Crippen LogP) is -1.29. The lowest BCUT2D eigenvalue weighted by atomic mass is 10.4. The maximum atomic E-state index is 12.0. The summed E-state index contributed by atoms with van der Waals surface area (Å²) in [5.41, 5.74) is 0. The smallest absolute Gasteiger partial charge is 0.229 e. The standard InChI is InChI=1S/C12H17N5O4S/c13-22(19,20)9-5-12(18)17(7-9)11-6-10(14-8-15-11)16-1-3-21-4-2-16/h6,8-9H,1-5,7H2,(H2,13,19,20). The molecule has 0 radical (unpaired) electrons. The van der Waals surface area contributed by atoms with Gasteiger partial charge in [0, 0.05) is 32.1 Å². The van der Waals surface area contributed by atoms with E-state index in [4.69, 9.17) is 9.88 Å². The molecule has 2 N–H and O–H groups in total. The maximum Gasteiger partial charge on any atom is 0.229 e. The fraction of sp³-hybridized carbons (Fsp3) is 0.583. The summed E-state index contributed by atoms with van der Waals surface area (Å²) < 4.78 is 28.1. The number of carbonyl (C=O) groups is 1. The summed E-state index contributed by atoms with van der Waals surface area (Å²) in [7, 11) is -3.74. The normalized spacial score (nSPS) is 23.1. The molecule has 2 aliphatic rings. The number of rotatable bonds is 3. The van der Waals surface area contributed by atoms with Crippen molar-refractivity contribution in [1.29, 1.82) is 0 Å². The molecule has 0 spiro atoms. The summed E-state index contributed by atoms with van der Waals surface area (Å²) in [6.07, 6.45) is 1.26. The molecule has 0 bridgehead atoms. The number of carbonyl (C=O) groups excluding carboxylic acids is 1. The predicted molar refractivity (Wildman–Crippen MR) is 78.9 cm³/mol. The van der Waals surface area contributed by atoms with Crippen molar-refractivity contribution in [2.75, 3.05) is 42.6 Å². The molecular weight excluding hydrogens is 310 g/mol. The Morgan fingerprint density at radius 3 is 2.55 bits per heavy atom. The molecule has 9 nitrogen and oxygen atoms in total. The van der Waals surface area contributed by atoms with E-state index >= 15 is 0 Å². The van der Waals surface area contributed by atoms with Crippen molar-refractivity contribution in [2.45, 2.75) is 11.7 Å². The van der Waals surface area contributed by atoms with Gasteiger partial charge < -0.3 is 9.64 Å². The third-order valence-corrected chi connectivity index (χ3v) is 5.05. The van der Waals surface area contributed by atoms with Gasteiger partial charge in [0.25, 0.3) is 0 Å². The number of anilines is 2. The van der Waals surface area contributed by atoms with Crippen LogP contribution in [0.2, 0.25) is 0 Å². The number of primary sulfonamides is 1. The molecule has 120 valence electrons. The largest absolute Gasteiger partial charge is 0.378 e. The molecule has 3 heterocycles. The molecule has 0 aliphatic carbocycles. The molecule has 2 fully saturated rings. The monoisotopic (exact) mass is 327 g/mol. The molecule has 22 heavy (non-hydrogen) atoms. The summed E-state index contributed by atoms with van der Waals surface area (Å²) >= 11 is 0. The van der Waals surface area contributed by atoms with Gasteiger partial charge in [-0.25, -0.2) is 23.5 Å². The molecule has 2 saturated heterocycles. The fourth-order valence-electron chi connectivity index (χ4n) is 2.57. The zero-order valence-electron chi connectivity index (χ0n) is 11.9. The number of nitrogens with two attached hydrogens (primary N) is 1. The Morgan fingerprint density at radius 2 is 1.91 bits per heavy atom. The zero-order chi connectivity index (χ0) is 15.7. The van der Waals surface area contributed by atoms with E-state index in [1.807, 2.05) is 4.90 Å². The van der Waals surface area contributed by atoms with Crippen LogP contribution in [0.1, 0.15) is 6.42 Å². The van der Waals surface area contributed by atoms with Gasteiger partial charge in [0.2, 0.25) is 15.9 Å². The van der Waals surface area contributed by atoms with Crippen LogP contribution >= 0.6 is 0 Å². The highest BCUT2D eigenvalue weighted by atomic mass is 32.2. The van der Waals surface area contributed by atoms with Gasteiger partial charge in [-0.2, -0.15) is 0 Å². The summed E-state index contributed by atoms with van der Waals surface area (Å²) in [5.74, 6) is 0.790. The van der Waals surface area contributed by atoms with E-state index in [0.29, 0.717) is 37.9 Å². The Balaban J connectivity index is 1.81. The van der Waals surface area contributed by atoms with Crippen molar-refractivity contribution in [3.05, 3.63) is 12.4 Å². The molecule has 1 atom stereocenters. The summed E-state index contributed by atoms with van der Waals surface area (Å²) in [6.45, 7) is 2.69. The van der Waals surface area contributed by atoms with E-state index in [0.717, 1.165) is 0 Å². The van der Waals surface area contributed by atoms with E-state index < -0.39 is 15.3 Å². The van der Waals surface area contributed by atoms with Crippen LogP contribution in [0.3, 0.4) is 0 Å². The SMILES string of the molecule is NS(=O)(=O)C1CC(=O)N(c2cc(N3CCOCC3)ncn2)C1. The molecule has 1 unspecified atom stereocenters. The van der Waals surface area contributed by atoms with Crippen molar-refractivity contribution in [1.82, 2.24) is 9.97 Å². The summed E-state index contributed by atoms with van der Waals surface area (Å²) in [4.78, 5) is 23.7. The number of ether oxygens (including phenoxy) is 1. The van der Waals surface area contributed by atoms with Gasteiger partial charge in [0.1, 0.15) is 23.2 Å². The van der Waals surface area contributed by atoms with Gasteiger partial charge >= 0.3 is 0 Å². The molecular formula is C12H17N5O4S. The second-order valence-corrected chi connectivity index (χ2v) is 7.10. The number of hydrogen-bond acceptors (Lipinski definition) is 7. The molecule has 3 rings (SSSR count). The fourth-order valence-corrected chi connectivity index (χ4v) is 3.30. The Morgan fingerprint density at radius 1 is 1.23 bits per heavy atom. The second-order valence-electron chi connectivity index (χ2n) is 5.25. The van der Waals surface area contributed by atoms with Gasteiger partial charge in [-0.3, -0.25) is 9.69 Å². The number of morpholine rings is 1. The van der Waals surface area contributed by atoms with E-state index in [-0.39, 0.29) is 18.9 Å². The second kappa shape index (κ2) is 5.78. The van der Waals surface area contributed by atoms with Gasteiger partial charge in [-0.1, -0.05) is 0 Å². The first-order valence-corrected chi connectivity index (χ1v) is 8.53. The van der Waals surface area contributed by atoms with Crippen LogP contribution < -0.4 is 14.9 Å². The minimum Gasteiger partial charge on any atom is -0.378 e. The molecule has 1 aromatic rings. The van der Waals surface area contributed by atoms with Crippen LogP contribution in [0.25, 0.3) is 0 Å². The van der Waals surface area contributed by atoms with Crippen molar-refractivity contribution in [3.63, 3.8) is 0 Å². The molecule has 1 amide bonds. The minimum absolute atomic E-state index is 0.0250. The third kappa shape index (κ3) is 3.03. The first kappa shape index (κ1) is 15.1. The van der Waals surface area contributed by atoms with Gasteiger partial charge in [-0.05, 0) is 0 Å². The van der Waals surface area contributed by atoms with Crippen LogP contribution in [0.15, 0.2) is 12.4 Å². The van der Waals surface area contributed by atoms with Gasteiger partial charge in [-0.15, -0.1) is 0 Å². The van der Waals surface area contributed by atoms with E-state index in [2.05, 4.69) is 9.97 Å². The van der Waals surface area contributed by atoms with Crippen LogP contribution in [0.5, 0.6) is 0 Å². The number of amides is 1. The number of sulfonamides is 1. The average Bonchev–Trinajstić information content (AvgIpc) is 2.90. The number of nitrogens with zero attached hydrogens (tertiary/aromatic N) is 4. The Bertz CT molecular complexity index is 674. The minimum atomic E-state index is -3.74. The van der Waals surface area contributed by atoms with Crippen molar-refractivity contribution < 1.29 is 17.9 Å². The molecule has 0 aromatic carbocycles. The molecule has 1 aromatic heterocycles.